The van der Waals surface area contributed by atoms with Crippen molar-refractivity contribution in [1.82, 2.24) is 16.0 Å². The third-order valence-corrected chi connectivity index (χ3v) is 4.60. The van der Waals surface area contributed by atoms with Gasteiger partial charge in [-0.15, -0.1) is 0 Å². The van der Waals surface area contributed by atoms with Gasteiger partial charge in [-0.25, -0.2) is 0 Å². The Morgan fingerprint density at radius 1 is 0.839 bits per heavy atom. The van der Waals surface area contributed by atoms with E-state index < -0.39 is 60.2 Å². The summed E-state index contributed by atoms with van der Waals surface area (Å²) in [5, 5.41) is 15.6. The van der Waals surface area contributed by atoms with Gasteiger partial charge in [0.15, 0.2) is 0 Å². The highest BCUT2D eigenvalue weighted by molar-refractivity contribution is 5.94. The van der Waals surface area contributed by atoms with Crippen LogP contribution < -0.4 is 33.2 Å². The second kappa shape index (κ2) is 13.9. The van der Waals surface area contributed by atoms with Gasteiger partial charge in [0, 0.05) is 12.8 Å². The summed E-state index contributed by atoms with van der Waals surface area (Å²) in [4.78, 5) is 70.2. The van der Waals surface area contributed by atoms with Gasteiger partial charge in [-0.2, -0.15) is 0 Å². The van der Waals surface area contributed by atoms with E-state index in [1.54, 1.807) is 6.92 Å². The molecule has 0 aromatic heterocycles. The summed E-state index contributed by atoms with van der Waals surface area (Å²) in [7, 11) is 0. The molecule has 0 radical (unpaired) electrons. The van der Waals surface area contributed by atoms with Crippen molar-refractivity contribution >= 4 is 35.5 Å². The number of carbonyl (C=O) groups excluding carboxylic acids is 5. The average molecular weight is 444 g/mol. The molecule has 5 amide bonds. The largest absolute Gasteiger partial charge is 0.480 e. The number of hydrogen-bond acceptors (Lipinski definition) is 7. The second-order valence-electron chi connectivity index (χ2n) is 7.16. The molecule has 13 heteroatoms. The fourth-order valence-corrected chi connectivity index (χ4v) is 2.45. The van der Waals surface area contributed by atoms with Gasteiger partial charge in [-0.1, -0.05) is 20.3 Å². The van der Waals surface area contributed by atoms with Crippen LogP contribution in [-0.2, 0) is 28.8 Å². The first-order valence-electron chi connectivity index (χ1n) is 9.81. The molecule has 0 spiro atoms. The molecule has 0 heterocycles. The molecule has 13 nitrogen and oxygen atoms in total. The number of carboxylic acid groups (broad SMARTS) is 1. The van der Waals surface area contributed by atoms with Gasteiger partial charge in [0.05, 0.1) is 6.04 Å². The van der Waals surface area contributed by atoms with Crippen LogP contribution >= 0.6 is 0 Å². The maximum atomic E-state index is 12.7. The number of carboxylic acids is 1. The van der Waals surface area contributed by atoms with Crippen LogP contribution in [0.5, 0.6) is 0 Å². The van der Waals surface area contributed by atoms with E-state index in [-0.39, 0.29) is 31.6 Å². The Balaban J connectivity index is 5.40. The summed E-state index contributed by atoms with van der Waals surface area (Å²) in [5.41, 5.74) is 16.1. The Morgan fingerprint density at radius 3 is 1.71 bits per heavy atom. The molecule has 4 unspecified atom stereocenters. The van der Waals surface area contributed by atoms with Crippen molar-refractivity contribution in [1.29, 1.82) is 0 Å². The van der Waals surface area contributed by atoms with Crippen molar-refractivity contribution in [3.05, 3.63) is 0 Å². The van der Waals surface area contributed by atoms with Crippen molar-refractivity contribution in [3.63, 3.8) is 0 Å². The second-order valence-corrected chi connectivity index (χ2v) is 7.16. The van der Waals surface area contributed by atoms with E-state index in [9.17, 15) is 28.8 Å². The standard InChI is InChI=1S/C18H32N6O7/c1-3-9(2)15(21)18(31)24-11(5-7-13(20)26)17(30)23-10(4-6-12(19)25)16(29)22-8-14(27)28/h9-11,15H,3-8,21H2,1-2H3,(H2,19,25)(H2,20,26)(H,22,29)(H,23,30)(H,24,31)(H,27,28). The summed E-state index contributed by atoms with van der Waals surface area (Å²) in [6.07, 6.45) is -0.225. The van der Waals surface area contributed by atoms with Crippen molar-refractivity contribution < 1.29 is 33.9 Å². The quantitative estimate of drug-likeness (QED) is 0.137. The van der Waals surface area contributed by atoms with E-state index in [4.69, 9.17) is 22.3 Å². The highest BCUT2D eigenvalue weighted by Gasteiger charge is 2.29. The monoisotopic (exact) mass is 444 g/mol. The molecule has 0 fully saturated rings. The Kier molecular flexibility index (Phi) is 12.5. The maximum Gasteiger partial charge on any atom is 0.322 e. The van der Waals surface area contributed by atoms with Crippen molar-refractivity contribution in [3.8, 4) is 0 Å². The zero-order valence-corrected chi connectivity index (χ0v) is 17.7. The minimum Gasteiger partial charge on any atom is -0.480 e. The van der Waals surface area contributed by atoms with E-state index in [1.807, 2.05) is 6.92 Å². The van der Waals surface area contributed by atoms with Crippen LogP contribution in [0.15, 0.2) is 0 Å². The fraction of sp³-hybridized carbons (Fsp3) is 0.667. The lowest BCUT2D eigenvalue weighted by atomic mass is 9.98. The third kappa shape index (κ3) is 11.5. The molecule has 0 aliphatic carbocycles. The smallest absolute Gasteiger partial charge is 0.322 e. The van der Waals surface area contributed by atoms with Crippen molar-refractivity contribution in [2.45, 2.75) is 64.1 Å². The first-order chi connectivity index (χ1) is 14.4. The number of primary amides is 2. The van der Waals surface area contributed by atoms with Crippen LogP contribution in [0.3, 0.4) is 0 Å². The molecule has 0 aromatic rings. The number of nitrogens with one attached hydrogen (secondary N) is 3. The number of amides is 5. The van der Waals surface area contributed by atoms with Crippen LogP contribution in [0.25, 0.3) is 0 Å². The summed E-state index contributed by atoms with van der Waals surface area (Å²) in [6.45, 7) is 2.90. The average Bonchev–Trinajstić information content (AvgIpc) is 2.70. The Morgan fingerprint density at radius 2 is 1.29 bits per heavy atom. The lowest BCUT2D eigenvalue weighted by Gasteiger charge is -2.25. The lowest BCUT2D eigenvalue weighted by molar-refractivity contribution is -0.138. The summed E-state index contributed by atoms with van der Waals surface area (Å²) in [5.74, 6) is -5.22. The SMILES string of the molecule is CCC(C)C(N)C(=O)NC(CCC(N)=O)C(=O)NC(CCC(N)=O)C(=O)NCC(=O)O. The van der Waals surface area contributed by atoms with E-state index in [2.05, 4.69) is 16.0 Å². The van der Waals surface area contributed by atoms with Crippen LogP contribution in [0.1, 0.15) is 46.0 Å². The van der Waals surface area contributed by atoms with E-state index >= 15 is 0 Å². The molecule has 31 heavy (non-hydrogen) atoms. The number of hydrogen-bond donors (Lipinski definition) is 7. The molecular weight excluding hydrogens is 412 g/mol. The van der Waals surface area contributed by atoms with Crippen LogP contribution in [0.2, 0.25) is 0 Å². The van der Waals surface area contributed by atoms with Crippen LogP contribution in [-0.4, -0.2) is 65.3 Å². The Hall–Kier alpha value is -3.22. The number of aliphatic carboxylic acids is 1. The number of carbonyl (C=O) groups is 6. The minimum absolute atomic E-state index is 0.153. The molecule has 10 N–H and O–H groups in total. The maximum absolute atomic E-state index is 12.7. The predicted octanol–water partition coefficient (Wildman–Crippen LogP) is -2.94. The molecule has 0 saturated heterocycles. The highest BCUT2D eigenvalue weighted by atomic mass is 16.4. The van der Waals surface area contributed by atoms with Crippen LogP contribution in [0, 0.1) is 5.92 Å². The molecule has 0 saturated carbocycles. The number of rotatable bonds is 15. The van der Waals surface area contributed by atoms with E-state index in [0.717, 1.165) is 0 Å². The molecule has 0 aliphatic heterocycles. The van der Waals surface area contributed by atoms with E-state index in [0.29, 0.717) is 6.42 Å². The molecule has 0 aromatic carbocycles. The Labute approximate surface area is 179 Å². The molecule has 0 rings (SSSR count). The highest BCUT2D eigenvalue weighted by Crippen LogP contribution is 2.07. The minimum atomic E-state index is -1.31. The van der Waals surface area contributed by atoms with E-state index in [1.165, 1.54) is 0 Å². The Bertz CT molecular complexity index is 684. The zero-order valence-electron chi connectivity index (χ0n) is 17.7. The number of nitrogens with two attached hydrogens (primary N) is 3. The van der Waals surface area contributed by atoms with Gasteiger partial charge in [-0.3, -0.25) is 28.8 Å². The predicted molar refractivity (Wildman–Crippen MR) is 109 cm³/mol. The molecule has 0 aliphatic rings. The topological polar surface area (TPSA) is 237 Å². The first kappa shape index (κ1) is 27.8. The van der Waals surface area contributed by atoms with Gasteiger partial charge in [0.2, 0.25) is 29.5 Å². The van der Waals surface area contributed by atoms with Crippen LogP contribution in [0.4, 0.5) is 0 Å². The normalized spacial score (nSPS) is 14.4. The van der Waals surface area contributed by atoms with Gasteiger partial charge in [0.25, 0.3) is 0 Å². The molecule has 0 bridgehead atoms. The van der Waals surface area contributed by atoms with Gasteiger partial charge in [0.1, 0.15) is 18.6 Å². The van der Waals surface area contributed by atoms with Crippen molar-refractivity contribution in [2.24, 2.45) is 23.1 Å². The van der Waals surface area contributed by atoms with Gasteiger partial charge >= 0.3 is 5.97 Å². The summed E-state index contributed by atoms with van der Waals surface area (Å²) in [6, 6.07) is -3.44. The van der Waals surface area contributed by atoms with Gasteiger partial charge < -0.3 is 38.3 Å². The van der Waals surface area contributed by atoms with Crippen molar-refractivity contribution in [2.75, 3.05) is 6.54 Å². The van der Waals surface area contributed by atoms with Gasteiger partial charge in [-0.05, 0) is 18.8 Å². The molecule has 176 valence electrons. The lowest BCUT2D eigenvalue weighted by Crippen LogP contribution is -2.57. The molecular formula is C18H32N6O7. The zero-order chi connectivity index (χ0) is 24.1. The fourth-order valence-electron chi connectivity index (χ4n) is 2.45. The summed E-state index contributed by atoms with van der Waals surface area (Å²) < 4.78 is 0. The summed E-state index contributed by atoms with van der Waals surface area (Å²) >= 11 is 0. The first-order valence-corrected chi connectivity index (χ1v) is 9.81. The third-order valence-electron chi connectivity index (χ3n) is 4.60. The molecule has 4 atom stereocenters.